The van der Waals surface area contributed by atoms with Gasteiger partial charge in [0.2, 0.25) is 0 Å². The maximum atomic E-state index is 4.59. The van der Waals surface area contributed by atoms with Crippen molar-refractivity contribution >= 4 is 21.9 Å². The molecule has 2 aromatic heterocycles. The molecule has 7 heteroatoms. The van der Waals surface area contributed by atoms with Crippen LogP contribution in [0.25, 0.3) is 0 Å². The second kappa shape index (κ2) is 11.4. The van der Waals surface area contributed by atoms with E-state index in [-0.39, 0.29) is 5.92 Å². The quantitative estimate of drug-likeness (QED) is 0.260. The summed E-state index contributed by atoms with van der Waals surface area (Å²) < 4.78 is 1.08. The lowest BCUT2D eigenvalue weighted by molar-refractivity contribution is 0.660. The van der Waals surface area contributed by atoms with E-state index >= 15 is 0 Å². The van der Waals surface area contributed by atoms with E-state index in [2.05, 4.69) is 76.8 Å². The number of imidazole rings is 1. The standard InChI is InChI=1S/C22H27BrN6/c1-24-22(27-13-4-5-19-15-25-16-29-19)28-14-11-20(21-6-2-3-12-26-21)17-7-9-18(23)10-8-17/h2-3,6-10,12,15-16,20H,4-5,11,13-14H2,1H3,(H,25,29)(H2,24,27,28). The number of aromatic nitrogens is 3. The highest BCUT2D eigenvalue weighted by molar-refractivity contribution is 9.10. The third kappa shape index (κ3) is 6.71. The van der Waals surface area contributed by atoms with E-state index < -0.39 is 0 Å². The first-order valence-electron chi connectivity index (χ1n) is 9.84. The summed E-state index contributed by atoms with van der Waals surface area (Å²) in [6.07, 6.45) is 8.34. The summed E-state index contributed by atoms with van der Waals surface area (Å²) in [7, 11) is 1.80. The van der Waals surface area contributed by atoms with Gasteiger partial charge < -0.3 is 15.6 Å². The van der Waals surface area contributed by atoms with E-state index in [9.17, 15) is 0 Å². The Morgan fingerprint density at radius 3 is 2.66 bits per heavy atom. The molecule has 6 nitrogen and oxygen atoms in total. The van der Waals surface area contributed by atoms with E-state index in [4.69, 9.17) is 0 Å². The second-order valence-electron chi connectivity index (χ2n) is 6.75. The van der Waals surface area contributed by atoms with Gasteiger partial charge in [-0.05, 0) is 49.1 Å². The predicted octanol–water partition coefficient (Wildman–Crippen LogP) is 3.89. The van der Waals surface area contributed by atoms with Crippen LogP contribution in [0.1, 0.15) is 35.7 Å². The van der Waals surface area contributed by atoms with Crippen molar-refractivity contribution in [1.29, 1.82) is 0 Å². The lowest BCUT2D eigenvalue weighted by Crippen LogP contribution is -2.38. The van der Waals surface area contributed by atoms with Gasteiger partial charge in [0.15, 0.2) is 5.96 Å². The second-order valence-corrected chi connectivity index (χ2v) is 7.67. The number of pyridine rings is 1. The molecule has 2 heterocycles. The summed E-state index contributed by atoms with van der Waals surface area (Å²) in [5.41, 5.74) is 3.50. The molecule has 3 N–H and O–H groups in total. The molecule has 0 aliphatic heterocycles. The average Bonchev–Trinajstić information content (AvgIpc) is 3.28. The number of nitrogens with one attached hydrogen (secondary N) is 3. The van der Waals surface area contributed by atoms with Crippen molar-refractivity contribution in [1.82, 2.24) is 25.6 Å². The van der Waals surface area contributed by atoms with Gasteiger partial charge in [-0.1, -0.05) is 34.1 Å². The number of H-pyrrole nitrogens is 1. The zero-order chi connectivity index (χ0) is 20.3. The summed E-state index contributed by atoms with van der Waals surface area (Å²) >= 11 is 3.52. The van der Waals surface area contributed by atoms with Gasteiger partial charge in [0.25, 0.3) is 0 Å². The van der Waals surface area contributed by atoms with Gasteiger partial charge in [-0.15, -0.1) is 0 Å². The van der Waals surface area contributed by atoms with Crippen LogP contribution in [0, 0.1) is 0 Å². The minimum atomic E-state index is 0.232. The van der Waals surface area contributed by atoms with Gasteiger partial charge in [-0.2, -0.15) is 0 Å². The molecule has 0 fully saturated rings. The molecule has 29 heavy (non-hydrogen) atoms. The number of halogens is 1. The fourth-order valence-corrected chi connectivity index (χ4v) is 3.49. The highest BCUT2D eigenvalue weighted by Gasteiger charge is 2.15. The molecule has 0 saturated heterocycles. The van der Waals surface area contributed by atoms with Crippen LogP contribution >= 0.6 is 15.9 Å². The molecule has 152 valence electrons. The van der Waals surface area contributed by atoms with Crippen LogP contribution in [0.3, 0.4) is 0 Å². The van der Waals surface area contributed by atoms with E-state index in [1.807, 2.05) is 24.5 Å². The largest absolute Gasteiger partial charge is 0.356 e. The Kier molecular flexibility index (Phi) is 8.25. The first kappa shape index (κ1) is 21.0. The third-order valence-electron chi connectivity index (χ3n) is 4.74. The van der Waals surface area contributed by atoms with E-state index in [1.54, 1.807) is 13.4 Å². The normalized spacial score (nSPS) is 12.6. The van der Waals surface area contributed by atoms with Crippen LogP contribution in [-0.2, 0) is 6.42 Å². The van der Waals surface area contributed by atoms with Crippen LogP contribution in [-0.4, -0.2) is 41.0 Å². The first-order valence-corrected chi connectivity index (χ1v) is 10.6. The zero-order valence-electron chi connectivity index (χ0n) is 16.6. The molecule has 0 aliphatic carbocycles. The number of rotatable bonds is 9. The number of aryl methyl sites for hydroxylation is 1. The highest BCUT2D eigenvalue weighted by Crippen LogP contribution is 2.27. The molecule has 0 saturated carbocycles. The Morgan fingerprint density at radius 2 is 1.97 bits per heavy atom. The molecule has 3 aromatic rings. The lowest BCUT2D eigenvalue weighted by Gasteiger charge is -2.19. The van der Waals surface area contributed by atoms with Gasteiger partial charge in [-0.3, -0.25) is 9.98 Å². The number of hydrogen-bond donors (Lipinski definition) is 3. The molecule has 0 aliphatic rings. The summed E-state index contributed by atoms with van der Waals surface area (Å²) in [6.45, 7) is 1.66. The van der Waals surface area contributed by atoms with Crippen LogP contribution in [0.4, 0.5) is 0 Å². The van der Waals surface area contributed by atoms with Gasteiger partial charge in [0.1, 0.15) is 0 Å². The number of hydrogen-bond acceptors (Lipinski definition) is 3. The van der Waals surface area contributed by atoms with Gasteiger partial charge in [0.05, 0.1) is 6.33 Å². The number of benzene rings is 1. The van der Waals surface area contributed by atoms with Crippen LogP contribution in [0.5, 0.6) is 0 Å². The minimum absolute atomic E-state index is 0.232. The Hall–Kier alpha value is -2.67. The van der Waals surface area contributed by atoms with Gasteiger partial charge in [-0.25, -0.2) is 4.98 Å². The van der Waals surface area contributed by atoms with Gasteiger partial charge >= 0.3 is 0 Å². The molecular weight excluding hydrogens is 428 g/mol. The van der Waals surface area contributed by atoms with Crippen molar-refractivity contribution < 1.29 is 0 Å². The first-order chi connectivity index (χ1) is 14.3. The summed E-state index contributed by atoms with van der Waals surface area (Å²) in [5, 5.41) is 6.80. The van der Waals surface area contributed by atoms with E-state index in [0.29, 0.717) is 0 Å². The molecule has 0 spiro atoms. The maximum absolute atomic E-state index is 4.59. The molecule has 1 aromatic carbocycles. The predicted molar refractivity (Wildman–Crippen MR) is 121 cm³/mol. The molecule has 1 atom stereocenters. The zero-order valence-corrected chi connectivity index (χ0v) is 18.2. The Bertz CT molecular complexity index is 862. The van der Waals surface area contributed by atoms with Crippen molar-refractivity contribution in [2.24, 2.45) is 4.99 Å². The van der Waals surface area contributed by atoms with E-state index in [1.165, 1.54) is 5.56 Å². The minimum Gasteiger partial charge on any atom is -0.356 e. The molecule has 3 rings (SSSR count). The molecular formula is C22H27BrN6. The SMILES string of the molecule is CN=C(NCCCc1cnc[nH]1)NCCC(c1ccc(Br)cc1)c1ccccn1. The lowest BCUT2D eigenvalue weighted by atomic mass is 9.92. The number of nitrogens with zero attached hydrogens (tertiary/aromatic N) is 3. The topological polar surface area (TPSA) is 78.0 Å². The Labute approximate surface area is 180 Å². The van der Waals surface area contributed by atoms with Crippen molar-refractivity contribution in [2.75, 3.05) is 20.1 Å². The Balaban J connectivity index is 1.51. The number of guanidine groups is 1. The van der Waals surface area contributed by atoms with Crippen molar-refractivity contribution in [3.8, 4) is 0 Å². The van der Waals surface area contributed by atoms with Crippen LogP contribution in [0.15, 0.2) is 70.7 Å². The van der Waals surface area contributed by atoms with Gasteiger partial charge in [0, 0.05) is 54.3 Å². The average molecular weight is 455 g/mol. The summed E-state index contributed by atoms with van der Waals surface area (Å²) in [6, 6.07) is 14.6. The highest BCUT2D eigenvalue weighted by atomic mass is 79.9. The summed E-state index contributed by atoms with van der Waals surface area (Å²) in [5.74, 6) is 1.06. The molecule has 0 bridgehead atoms. The monoisotopic (exact) mass is 454 g/mol. The molecule has 1 unspecified atom stereocenters. The van der Waals surface area contributed by atoms with Crippen molar-refractivity contribution in [3.63, 3.8) is 0 Å². The molecule has 0 amide bonds. The van der Waals surface area contributed by atoms with E-state index in [0.717, 1.165) is 54.2 Å². The molecule has 0 radical (unpaired) electrons. The number of aromatic amines is 1. The Morgan fingerprint density at radius 1 is 1.14 bits per heavy atom. The third-order valence-corrected chi connectivity index (χ3v) is 5.27. The van der Waals surface area contributed by atoms with Crippen LogP contribution < -0.4 is 10.6 Å². The fourth-order valence-electron chi connectivity index (χ4n) is 3.23. The summed E-state index contributed by atoms with van der Waals surface area (Å²) in [4.78, 5) is 16.1. The van der Waals surface area contributed by atoms with Crippen LogP contribution in [0.2, 0.25) is 0 Å². The van der Waals surface area contributed by atoms with Crippen molar-refractivity contribution in [3.05, 3.63) is 82.6 Å². The van der Waals surface area contributed by atoms with Crippen molar-refractivity contribution in [2.45, 2.75) is 25.2 Å². The number of aliphatic imine (C=N–C) groups is 1. The smallest absolute Gasteiger partial charge is 0.190 e. The fraction of sp³-hybridized carbons (Fsp3) is 0.318. The maximum Gasteiger partial charge on any atom is 0.190 e.